The van der Waals surface area contributed by atoms with Crippen LogP contribution in [-0.2, 0) is 14.4 Å². The predicted molar refractivity (Wildman–Crippen MR) is 42.3 cm³/mol. The Morgan fingerprint density at radius 1 is 1.15 bits per heavy atom. The molecule has 74 valence electrons. The molecule has 2 atom stereocenters. The van der Waals surface area contributed by atoms with Crippen molar-refractivity contribution >= 4 is 17.7 Å². The smallest absolute Gasteiger partial charge is 0.322 e. The molecule has 0 aromatic rings. The number of Topliss-reactive ketones (excluding diaryl/α,β-unsaturated/α-hetero) is 1. The molecule has 6 nitrogen and oxygen atoms in total. The average molecular weight is 189 g/mol. The number of hydrogen-bond acceptors (Lipinski definition) is 4. The zero-order valence-electron chi connectivity index (χ0n) is 7.27. The third-order valence-electron chi connectivity index (χ3n) is 1.61. The highest BCUT2D eigenvalue weighted by atomic mass is 16.4. The molecule has 0 saturated carbocycles. The zero-order chi connectivity index (χ0) is 10.6. The van der Waals surface area contributed by atoms with E-state index in [1.165, 1.54) is 7.05 Å². The minimum Gasteiger partial charge on any atom is -0.481 e. The van der Waals surface area contributed by atoms with Crippen LogP contribution in [0.15, 0.2) is 0 Å². The van der Waals surface area contributed by atoms with Gasteiger partial charge in [0.1, 0.15) is 17.7 Å². The Balaban J connectivity index is 4.80. The lowest BCUT2D eigenvalue weighted by atomic mass is 9.96. The fraction of sp³-hybridized carbons (Fsp3) is 0.571. The number of carbonyl (C=O) groups is 3. The van der Waals surface area contributed by atoms with Gasteiger partial charge in [-0.15, -0.1) is 0 Å². The summed E-state index contributed by atoms with van der Waals surface area (Å²) in [5.74, 6) is -5.02. The van der Waals surface area contributed by atoms with Gasteiger partial charge in [0.05, 0.1) is 0 Å². The lowest BCUT2D eigenvalue weighted by Gasteiger charge is -2.16. The van der Waals surface area contributed by atoms with Gasteiger partial charge in [-0.2, -0.15) is 0 Å². The molecule has 0 aliphatic rings. The van der Waals surface area contributed by atoms with Crippen LogP contribution < -0.4 is 5.32 Å². The molecule has 0 heterocycles. The van der Waals surface area contributed by atoms with Crippen molar-refractivity contribution in [2.75, 3.05) is 7.05 Å². The van der Waals surface area contributed by atoms with Gasteiger partial charge in [-0.25, -0.2) is 0 Å². The highest BCUT2D eigenvalue weighted by Crippen LogP contribution is 2.06. The number of likely N-dealkylation sites (N-methyl/N-ethyl adjacent to an activating group) is 1. The highest BCUT2D eigenvalue weighted by Gasteiger charge is 2.36. The summed E-state index contributed by atoms with van der Waals surface area (Å²) in [5.41, 5.74) is 0. The monoisotopic (exact) mass is 189 g/mol. The SMILES string of the molecule is CNC(C(=O)O)C(C(C)=O)C(=O)O. The molecule has 0 aliphatic carbocycles. The number of ketones is 1. The van der Waals surface area contributed by atoms with E-state index in [2.05, 4.69) is 5.32 Å². The second-order valence-corrected chi connectivity index (χ2v) is 2.53. The Kier molecular flexibility index (Phi) is 4.06. The molecule has 0 saturated heterocycles. The van der Waals surface area contributed by atoms with Gasteiger partial charge in [0.2, 0.25) is 0 Å². The van der Waals surface area contributed by atoms with E-state index in [1.54, 1.807) is 0 Å². The fourth-order valence-electron chi connectivity index (χ4n) is 0.984. The van der Waals surface area contributed by atoms with Gasteiger partial charge in [-0.3, -0.25) is 14.4 Å². The summed E-state index contributed by atoms with van der Waals surface area (Å²) in [4.78, 5) is 31.8. The summed E-state index contributed by atoms with van der Waals surface area (Å²) in [6, 6.07) is -1.38. The molecule has 0 amide bonds. The molecule has 0 aliphatic heterocycles. The third-order valence-corrected chi connectivity index (χ3v) is 1.61. The molecular formula is C7H11NO5. The van der Waals surface area contributed by atoms with Crippen molar-refractivity contribution in [1.82, 2.24) is 5.32 Å². The Morgan fingerprint density at radius 3 is 1.69 bits per heavy atom. The van der Waals surface area contributed by atoms with Gasteiger partial charge in [0.15, 0.2) is 0 Å². The highest BCUT2D eigenvalue weighted by molar-refractivity contribution is 6.01. The molecule has 6 heteroatoms. The average Bonchev–Trinajstić information content (AvgIpc) is 1.97. The first-order valence-corrected chi connectivity index (χ1v) is 3.55. The molecule has 13 heavy (non-hydrogen) atoms. The van der Waals surface area contributed by atoms with Crippen LogP contribution in [0.25, 0.3) is 0 Å². The van der Waals surface area contributed by atoms with Gasteiger partial charge < -0.3 is 15.5 Å². The minimum atomic E-state index is -1.54. The maximum Gasteiger partial charge on any atom is 0.322 e. The zero-order valence-corrected chi connectivity index (χ0v) is 7.27. The largest absolute Gasteiger partial charge is 0.481 e. The molecule has 0 radical (unpaired) electrons. The summed E-state index contributed by atoms with van der Waals surface area (Å²) in [6.07, 6.45) is 0. The van der Waals surface area contributed by atoms with Crippen LogP contribution in [0.5, 0.6) is 0 Å². The van der Waals surface area contributed by atoms with Crippen molar-refractivity contribution in [1.29, 1.82) is 0 Å². The van der Waals surface area contributed by atoms with Gasteiger partial charge in [0.25, 0.3) is 0 Å². The number of rotatable bonds is 5. The van der Waals surface area contributed by atoms with Crippen molar-refractivity contribution < 1.29 is 24.6 Å². The Morgan fingerprint density at radius 2 is 1.62 bits per heavy atom. The van der Waals surface area contributed by atoms with E-state index in [0.717, 1.165) is 6.92 Å². The molecule has 0 aromatic heterocycles. The summed E-state index contributed by atoms with van der Waals surface area (Å²) in [5, 5.41) is 19.4. The van der Waals surface area contributed by atoms with Crippen molar-refractivity contribution in [3.8, 4) is 0 Å². The number of nitrogens with one attached hydrogen (secondary N) is 1. The van der Waals surface area contributed by atoms with Gasteiger partial charge in [-0.1, -0.05) is 0 Å². The molecule has 0 spiro atoms. The topological polar surface area (TPSA) is 104 Å². The summed E-state index contributed by atoms with van der Waals surface area (Å²) < 4.78 is 0. The van der Waals surface area contributed by atoms with E-state index in [4.69, 9.17) is 10.2 Å². The van der Waals surface area contributed by atoms with E-state index in [9.17, 15) is 14.4 Å². The Bertz CT molecular complexity index is 223. The predicted octanol–water partition coefficient (Wildman–Crippen LogP) is -1.05. The maximum absolute atomic E-state index is 10.8. The number of carboxylic acids is 2. The van der Waals surface area contributed by atoms with Crippen LogP contribution in [0.2, 0.25) is 0 Å². The first kappa shape index (κ1) is 11.6. The molecule has 3 N–H and O–H groups in total. The minimum absolute atomic E-state index is 0.686. The molecule has 0 aromatic carbocycles. The maximum atomic E-state index is 10.8. The quantitative estimate of drug-likeness (QED) is 0.477. The summed E-state index contributed by atoms with van der Waals surface area (Å²) in [6.45, 7) is 1.05. The van der Waals surface area contributed by atoms with Crippen molar-refractivity contribution in [2.45, 2.75) is 13.0 Å². The molecule has 2 unspecified atom stereocenters. The van der Waals surface area contributed by atoms with Crippen LogP contribution in [0, 0.1) is 5.92 Å². The van der Waals surface area contributed by atoms with Crippen LogP contribution >= 0.6 is 0 Å². The van der Waals surface area contributed by atoms with E-state index >= 15 is 0 Å². The molecular weight excluding hydrogens is 178 g/mol. The van der Waals surface area contributed by atoms with E-state index < -0.39 is 29.7 Å². The number of carbonyl (C=O) groups excluding carboxylic acids is 1. The third kappa shape index (κ3) is 2.83. The number of carboxylic acid groups (broad SMARTS) is 2. The van der Waals surface area contributed by atoms with E-state index in [0.29, 0.717) is 0 Å². The van der Waals surface area contributed by atoms with Crippen molar-refractivity contribution in [3.05, 3.63) is 0 Å². The Hall–Kier alpha value is -1.43. The van der Waals surface area contributed by atoms with Crippen LogP contribution in [0.1, 0.15) is 6.92 Å². The first-order valence-electron chi connectivity index (χ1n) is 3.55. The lowest BCUT2D eigenvalue weighted by molar-refractivity contribution is -0.154. The first-order chi connectivity index (χ1) is 5.91. The number of aliphatic carboxylic acids is 2. The standard InChI is InChI=1S/C7H11NO5/c1-3(9)4(6(10)11)5(8-2)7(12)13/h4-5,8H,1-2H3,(H,10,11)(H,12,13). The summed E-state index contributed by atoms with van der Waals surface area (Å²) >= 11 is 0. The van der Waals surface area contributed by atoms with E-state index in [-0.39, 0.29) is 0 Å². The van der Waals surface area contributed by atoms with Crippen LogP contribution in [0.4, 0.5) is 0 Å². The van der Waals surface area contributed by atoms with Crippen molar-refractivity contribution in [2.24, 2.45) is 5.92 Å². The van der Waals surface area contributed by atoms with E-state index in [1.807, 2.05) is 0 Å². The van der Waals surface area contributed by atoms with Crippen LogP contribution in [-0.4, -0.2) is 41.0 Å². The fourth-order valence-corrected chi connectivity index (χ4v) is 0.984. The van der Waals surface area contributed by atoms with Gasteiger partial charge in [-0.05, 0) is 14.0 Å². The Labute approximate surface area is 74.6 Å². The summed E-state index contributed by atoms with van der Waals surface area (Å²) in [7, 11) is 1.29. The second kappa shape index (κ2) is 4.56. The molecule has 0 rings (SSSR count). The van der Waals surface area contributed by atoms with Gasteiger partial charge in [0, 0.05) is 0 Å². The molecule has 0 bridgehead atoms. The second-order valence-electron chi connectivity index (χ2n) is 2.53. The lowest BCUT2D eigenvalue weighted by Crippen LogP contribution is -2.47. The molecule has 0 fully saturated rings. The number of hydrogen-bond donors (Lipinski definition) is 3. The van der Waals surface area contributed by atoms with Gasteiger partial charge >= 0.3 is 11.9 Å². The van der Waals surface area contributed by atoms with Crippen molar-refractivity contribution in [3.63, 3.8) is 0 Å². The van der Waals surface area contributed by atoms with Crippen LogP contribution in [0.3, 0.4) is 0 Å². The normalized spacial score (nSPS) is 14.6.